The Morgan fingerprint density at radius 3 is 2.73 bits per heavy atom. The molecule has 0 unspecified atom stereocenters. The van der Waals surface area contributed by atoms with Crippen molar-refractivity contribution in [3.8, 4) is 5.75 Å². The van der Waals surface area contributed by atoms with Gasteiger partial charge in [0.15, 0.2) is 5.11 Å². The van der Waals surface area contributed by atoms with Crippen LogP contribution in [0.15, 0.2) is 48.5 Å². The van der Waals surface area contributed by atoms with Gasteiger partial charge in [0, 0.05) is 5.69 Å². The maximum atomic E-state index is 13.1. The summed E-state index contributed by atoms with van der Waals surface area (Å²) in [5.74, 6) is -0.296. The van der Waals surface area contributed by atoms with E-state index in [0.29, 0.717) is 23.6 Å². The van der Waals surface area contributed by atoms with Crippen molar-refractivity contribution in [2.24, 2.45) is 0 Å². The van der Waals surface area contributed by atoms with Crippen LogP contribution in [0.1, 0.15) is 17.3 Å². The summed E-state index contributed by atoms with van der Waals surface area (Å²) >= 11 is 5.06. The van der Waals surface area contributed by atoms with Crippen molar-refractivity contribution in [2.45, 2.75) is 6.92 Å². The summed E-state index contributed by atoms with van der Waals surface area (Å²) in [6.45, 7) is 2.29. The van der Waals surface area contributed by atoms with Crippen LogP contribution < -0.4 is 15.4 Å². The highest BCUT2D eigenvalue weighted by Crippen LogP contribution is 2.17. The summed E-state index contributed by atoms with van der Waals surface area (Å²) in [4.78, 5) is 12.2. The molecule has 0 aliphatic rings. The Balaban J connectivity index is 2.04. The highest BCUT2D eigenvalue weighted by molar-refractivity contribution is 7.80. The molecule has 0 radical (unpaired) electrons. The monoisotopic (exact) mass is 318 g/mol. The Hall–Kier alpha value is -2.47. The van der Waals surface area contributed by atoms with Crippen LogP contribution in [0.25, 0.3) is 0 Å². The Morgan fingerprint density at radius 2 is 2.00 bits per heavy atom. The van der Waals surface area contributed by atoms with Gasteiger partial charge in [0.2, 0.25) is 0 Å². The summed E-state index contributed by atoms with van der Waals surface area (Å²) in [5, 5.41) is 5.38. The molecular weight excluding hydrogens is 303 g/mol. The van der Waals surface area contributed by atoms with Crippen LogP contribution in [0.3, 0.4) is 0 Å². The second kappa shape index (κ2) is 7.51. The zero-order valence-corrected chi connectivity index (χ0v) is 12.7. The number of rotatable bonds is 4. The van der Waals surface area contributed by atoms with Crippen molar-refractivity contribution >= 4 is 28.9 Å². The number of nitrogens with one attached hydrogen (secondary N) is 2. The predicted octanol–water partition coefficient (Wildman–Crippen LogP) is 3.35. The van der Waals surface area contributed by atoms with Crippen molar-refractivity contribution < 1.29 is 13.9 Å². The maximum Gasteiger partial charge on any atom is 0.261 e. The standard InChI is InChI=1S/C16H15FN2O2S/c1-2-21-14-9-4-3-8-13(14)15(20)19-16(22)18-12-7-5-6-11(17)10-12/h3-10H,2H2,1H3,(H2,18,19,20,22). The quantitative estimate of drug-likeness (QED) is 0.849. The van der Waals surface area contributed by atoms with Crippen molar-refractivity contribution in [3.63, 3.8) is 0 Å². The molecule has 2 aromatic carbocycles. The largest absolute Gasteiger partial charge is 0.493 e. The highest BCUT2D eigenvalue weighted by atomic mass is 32.1. The van der Waals surface area contributed by atoms with E-state index in [2.05, 4.69) is 10.6 Å². The van der Waals surface area contributed by atoms with E-state index in [9.17, 15) is 9.18 Å². The van der Waals surface area contributed by atoms with Crippen LogP contribution in [0.5, 0.6) is 5.75 Å². The van der Waals surface area contributed by atoms with Crippen molar-refractivity contribution in [1.29, 1.82) is 0 Å². The summed E-state index contributed by atoms with van der Waals surface area (Å²) in [5.41, 5.74) is 0.844. The van der Waals surface area contributed by atoms with Gasteiger partial charge in [-0.15, -0.1) is 0 Å². The van der Waals surface area contributed by atoms with E-state index in [-0.39, 0.29) is 10.9 Å². The normalized spacial score (nSPS) is 9.91. The van der Waals surface area contributed by atoms with Gasteiger partial charge in [0.1, 0.15) is 11.6 Å². The molecule has 0 atom stereocenters. The van der Waals surface area contributed by atoms with E-state index in [1.54, 1.807) is 36.4 Å². The topological polar surface area (TPSA) is 50.4 Å². The van der Waals surface area contributed by atoms with Crippen molar-refractivity contribution in [1.82, 2.24) is 5.32 Å². The van der Waals surface area contributed by atoms with E-state index in [1.807, 2.05) is 6.92 Å². The van der Waals surface area contributed by atoms with E-state index in [1.165, 1.54) is 12.1 Å². The van der Waals surface area contributed by atoms with Gasteiger partial charge in [-0.3, -0.25) is 10.1 Å². The molecule has 2 N–H and O–H groups in total. The lowest BCUT2D eigenvalue weighted by Gasteiger charge is -2.12. The number of anilines is 1. The van der Waals surface area contributed by atoms with Gasteiger partial charge < -0.3 is 10.1 Å². The van der Waals surface area contributed by atoms with Gasteiger partial charge in [0.25, 0.3) is 5.91 Å². The van der Waals surface area contributed by atoms with Crippen molar-refractivity contribution in [2.75, 3.05) is 11.9 Å². The Bertz CT molecular complexity index is 691. The summed E-state index contributed by atoms with van der Waals surface area (Å²) in [6.07, 6.45) is 0. The van der Waals surface area contributed by atoms with Gasteiger partial charge in [-0.1, -0.05) is 18.2 Å². The van der Waals surface area contributed by atoms with Crippen LogP contribution in [-0.4, -0.2) is 17.6 Å². The molecule has 6 heteroatoms. The average Bonchev–Trinajstić information content (AvgIpc) is 2.48. The number of carbonyl (C=O) groups excluding carboxylic acids is 1. The smallest absolute Gasteiger partial charge is 0.261 e. The van der Waals surface area contributed by atoms with Gasteiger partial charge in [0.05, 0.1) is 12.2 Å². The van der Waals surface area contributed by atoms with E-state index in [4.69, 9.17) is 17.0 Å². The SMILES string of the molecule is CCOc1ccccc1C(=O)NC(=S)Nc1cccc(F)c1. The fourth-order valence-corrected chi connectivity index (χ4v) is 2.05. The first-order valence-corrected chi connectivity index (χ1v) is 7.10. The lowest BCUT2D eigenvalue weighted by molar-refractivity contribution is 0.0974. The summed E-state index contributed by atoms with van der Waals surface area (Å²) < 4.78 is 18.5. The average molecular weight is 318 g/mol. The van der Waals surface area contributed by atoms with Crippen LogP contribution in [0, 0.1) is 5.82 Å². The van der Waals surface area contributed by atoms with E-state index < -0.39 is 5.91 Å². The molecule has 0 saturated carbocycles. The fourth-order valence-electron chi connectivity index (χ4n) is 1.83. The van der Waals surface area contributed by atoms with Crippen LogP contribution >= 0.6 is 12.2 Å². The molecular formula is C16H15FN2O2S. The molecule has 0 heterocycles. The van der Waals surface area contributed by atoms with E-state index >= 15 is 0 Å². The molecule has 0 spiro atoms. The third kappa shape index (κ3) is 4.26. The van der Waals surface area contributed by atoms with Gasteiger partial charge >= 0.3 is 0 Å². The molecule has 1 amide bonds. The van der Waals surface area contributed by atoms with Gasteiger partial charge in [-0.25, -0.2) is 4.39 Å². The number of thiocarbonyl (C=S) groups is 1. The second-order valence-electron chi connectivity index (χ2n) is 4.35. The lowest BCUT2D eigenvalue weighted by atomic mass is 10.2. The van der Waals surface area contributed by atoms with Gasteiger partial charge in [-0.2, -0.15) is 0 Å². The first kappa shape index (κ1) is 15.9. The number of carbonyl (C=O) groups is 1. The molecule has 4 nitrogen and oxygen atoms in total. The summed E-state index contributed by atoms with van der Waals surface area (Å²) in [6, 6.07) is 12.7. The molecule has 2 rings (SSSR count). The molecule has 0 saturated heterocycles. The number of halogens is 1. The first-order valence-electron chi connectivity index (χ1n) is 6.70. The zero-order chi connectivity index (χ0) is 15.9. The molecule has 0 fully saturated rings. The number of ether oxygens (including phenoxy) is 1. The second-order valence-corrected chi connectivity index (χ2v) is 4.76. The molecule has 114 valence electrons. The van der Waals surface area contributed by atoms with Crippen LogP contribution in [0.2, 0.25) is 0 Å². The molecule has 2 aromatic rings. The van der Waals surface area contributed by atoms with Gasteiger partial charge in [-0.05, 0) is 49.5 Å². The number of hydrogen-bond donors (Lipinski definition) is 2. The number of para-hydroxylation sites is 1. The number of benzene rings is 2. The fraction of sp³-hybridized carbons (Fsp3) is 0.125. The third-order valence-corrected chi connectivity index (χ3v) is 2.95. The number of hydrogen-bond acceptors (Lipinski definition) is 3. The minimum Gasteiger partial charge on any atom is -0.493 e. The third-order valence-electron chi connectivity index (χ3n) is 2.74. The summed E-state index contributed by atoms with van der Waals surface area (Å²) in [7, 11) is 0. The number of amides is 1. The Labute approximate surface area is 133 Å². The highest BCUT2D eigenvalue weighted by Gasteiger charge is 2.13. The first-order chi connectivity index (χ1) is 10.6. The molecule has 0 bridgehead atoms. The molecule has 0 aromatic heterocycles. The lowest BCUT2D eigenvalue weighted by Crippen LogP contribution is -2.34. The molecule has 22 heavy (non-hydrogen) atoms. The molecule has 0 aliphatic heterocycles. The van der Waals surface area contributed by atoms with Crippen LogP contribution in [-0.2, 0) is 0 Å². The minimum absolute atomic E-state index is 0.0851. The van der Waals surface area contributed by atoms with Crippen LogP contribution in [0.4, 0.5) is 10.1 Å². The molecule has 0 aliphatic carbocycles. The Kier molecular flexibility index (Phi) is 5.43. The maximum absolute atomic E-state index is 13.1. The zero-order valence-electron chi connectivity index (χ0n) is 11.9. The van der Waals surface area contributed by atoms with E-state index in [0.717, 1.165) is 0 Å². The predicted molar refractivity (Wildman–Crippen MR) is 87.7 cm³/mol. The van der Waals surface area contributed by atoms with Crippen molar-refractivity contribution in [3.05, 3.63) is 59.9 Å². The Morgan fingerprint density at radius 1 is 1.23 bits per heavy atom. The minimum atomic E-state index is -0.391.